The van der Waals surface area contributed by atoms with Crippen molar-refractivity contribution < 1.29 is 17.6 Å². The van der Waals surface area contributed by atoms with Crippen LogP contribution >= 0.6 is 0 Å². The summed E-state index contributed by atoms with van der Waals surface area (Å²) in [5.41, 5.74) is -0.599. The molecule has 134 valence electrons. The highest BCUT2D eigenvalue weighted by Crippen LogP contribution is 2.32. The molecule has 5 heteroatoms. The van der Waals surface area contributed by atoms with E-state index >= 15 is 0 Å². The zero-order valence-corrected chi connectivity index (χ0v) is 15.5. The molecule has 1 fully saturated rings. The molecule has 1 aliphatic carbocycles. The van der Waals surface area contributed by atoms with Crippen LogP contribution < -0.4 is 5.19 Å². The highest BCUT2D eigenvalue weighted by Gasteiger charge is 2.34. The fraction of sp³-hybridized carbons (Fsp3) is 0.579. The third kappa shape index (κ3) is 5.21. The van der Waals surface area contributed by atoms with Crippen molar-refractivity contribution in [3.63, 3.8) is 0 Å². The second-order valence-corrected chi connectivity index (χ2v) is 11.1. The van der Waals surface area contributed by atoms with Gasteiger partial charge in [0.1, 0.15) is 0 Å². The molecule has 0 saturated heterocycles. The van der Waals surface area contributed by atoms with Gasteiger partial charge in [-0.05, 0) is 49.9 Å². The van der Waals surface area contributed by atoms with Crippen molar-refractivity contribution in [2.75, 3.05) is 0 Å². The Bertz CT molecular complexity index is 537. The van der Waals surface area contributed by atoms with Crippen molar-refractivity contribution in [3.8, 4) is 0 Å². The molecule has 0 amide bonds. The van der Waals surface area contributed by atoms with Gasteiger partial charge in [0.05, 0.1) is 5.56 Å². The van der Waals surface area contributed by atoms with Crippen LogP contribution in [0.2, 0.25) is 13.1 Å². The van der Waals surface area contributed by atoms with Crippen LogP contribution in [0.4, 0.5) is 13.2 Å². The Hall–Kier alpha value is -1.07. The van der Waals surface area contributed by atoms with Gasteiger partial charge in [-0.2, -0.15) is 13.2 Å². The van der Waals surface area contributed by atoms with E-state index in [4.69, 9.17) is 4.43 Å². The van der Waals surface area contributed by atoms with Gasteiger partial charge in [0.25, 0.3) is 0 Å². The zero-order chi connectivity index (χ0) is 17.8. The summed E-state index contributed by atoms with van der Waals surface area (Å²) in [6.45, 7) is 7.93. The minimum Gasteiger partial charge on any atom is -0.410 e. The van der Waals surface area contributed by atoms with E-state index in [-0.39, 0.29) is 6.10 Å². The molecule has 1 aliphatic rings. The van der Waals surface area contributed by atoms with E-state index < -0.39 is 20.1 Å². The zero-order valence-electron chi connectivity index (χ0n) is 14.5. The fourth-order valence-corrected chi connectivity index (χ4v) is 5.66. The first kappa shape index (κ1) is 19.3. The number of hydrogen-bond acceptors (Lipinski definition) is 1. The second-order valence-electron chi connectivity index (χ2n) is 7.22. The molecular formula is C19H27F3OSi. The summed E-state index contributed by atoms with van der Waals surface area (Å²) in [6.07, 6.45) is 4.64. The van der Waals surface area contributed by atoms with E-state index in [1.807, 2.05) is 6.08 Å². The SMILES string of the molecule is C=CCC[C@H]1CCC[C@@H](O[Si](C)(C)c2ccc(C(F)(F)F)cc2)C1. The molecule has 0 radical (unpaired) electrons. The smallest absolute Gasteiger partial charge is 0.410 e. The third-order valence-electron chi connectivity index (χ3n) is 4.88. The van der Waals surface area contributed by atoms with E-state index in [2.05, 4.69) is 19.7 Å². The number of halogens is 3. The Labute approximate surface area is 144 Å². The van der Waals surface area contributed by atoms with E-state index in [9.17, 15) is 13.2 Å². The van der Waals surface area contributed by atoms with Crippen LogP contribution in [0.3, 0.4) is 0 Å². The Morgan fingerprint density at radius 3 is 2.46 bits per heavy atom. The lowest BCUT2D eigenvalue weighted by molar-refractivity contribution is -0.137. The summed E-state index contributed by atoms with van der Waals surface area (Å²) in [6, 6.07) is 5.52. The highest BCUT2D eigenvalue weighted by molar-refractivity contribution is 6.84. The molecule has 2 rings (SSSR count). The molecule has 1 aromatic rings. The normalized spacial score (nSPS) is 22.4. The largest absolute Gasteiger partial charge is 0.416 e. The minimum atomic E-state index is -4.28. The molecule has 0 unspecified atom stereocenters. The van der Waals surface area contributed by atoms with Crippen LogP contribution in [0.1, 0.15) is 44.1 Å². The number of rotatable bonds is 6. The summed E-state index contributed by atoms with van der Waals surface area (Å²) < 4.78 is 44.6. The van der Waals surface area contributed by atoms with Crippen LogP contribution in [-0.2, 0) is 10.6 Å². The van der Waals surface area contributed by atoms with Crippen molar-refractivity contribution in [2.24, 2.45) is 5.92 Å². The van der Waals surface area contributed by atoms with Gasteiger partial charge >= 0.3 is 6.18 Å². The Kier molecular flexibility index (Phi) is 6.32. The van der Waals surface area contributed by atoms with Gasteiger partial charge in [-0.15, -0.1) is 6.58 Å². The summed E-state index contributed by atoms with van der Waals surface area (Å²) >= 11 is 0. The average molecular weight is 357 g/mol. The van der Waals surface area contributed by atoms with Gasteiger partial charge in [-0.1, -0.05) is 43.2 Å². The van der Waals surface area contributed by atoms with Crippen molar-refractivity contribution in [3.05, 3.63) is 42.5 Å². The Morgan fingerprint density at radius 1 is 1.21 bits per heavy atom. The monoisotopic (exact) mass is 356 g/mol. The number of benzene rings is 1. The van der Waals surface area contributed by atoms with Crippen LogP contribution in [0.5, 0.6) is 0 Å². The summed E-state index contributed by atoms with van der Waals surface area (Å²) in [4.78, 5) is 0. The van der Waals surface area contributed by atoms with Crippen LogP contribution in [-0.4, -0.2) is 14.4 Å². The lowest BCUT2D eigenvalue weighted by atomic mass is 9.84. The molecular weight excluding hydrogens is 329 g/mol. The maximum atomic E-state index is 12.7. The minimum absolute atomic E-state index is 0.234. The number of hydrogen-bond donors (Lipinski definition) is 0. The summed E-state index contributed by atoms with van der Waals surface area (Å²) in [5, 5.41) is 0.920. The number of allylic oxidation sites excluding steroid dienone is 1. The van der Waals surface area contributed by atoms with E-state index in [1.165, 1.54) is 25.0 Å². The van der Waals surface area contributed by atoms with Gasteiger partial charge in [-0.25, -0.2) is 0 Å². The predicted octanol–water partition coefficient (Wildman–Crippen LogP) is 5.66. The average Bonchev–Trinajstić information content (AvgIpc) is 2.52. The lowest BCUT2D eigenvalue weighted by Gasteiger charge is -2.35. The van der Waals surface area contributed by atoms with Gasteiger partial charge < -0.3 is 4.43 Å². The first-order chi connectivity index (χ1) is 11.2. The molecule has 1 nitrogen and oxygen atoms in total. The van der Waals surface area contributed by atoms with Gasteiger partial charge in [0.2, 0.25) is 8.32 Å². The quantitative estimate of drug-likeness (QED) is 0.472. The van der Waals surface area contributed by atoms with Gasteiger partial charge in [-0.3, -0.25) is 0 Å². The topological polar surface area (TPSA) is 9.23 Å². The Morgan fingerprint density at radius 2 is 1.88 bits per heavy atom. The van der Waals surface area contributed by atoms with Gasteiger partial charge in [0.15, 0.2) is 0 Å². The van der Waals surface area contributed by atoms with Crippen LogP contribution in [0.15, 0.2) is 36.9 Å². The summed E-state index contributed by atoms with van der Waals surface area (Å²) in [5.74, 6) is 0.680. The molecule has 0 bridgehead atoms. The molecule has 1 saturated carbocycles. The van der Waals surface area contributed by atoms with Crippen LogP contribution in [0, 0.1) is 5.92 Å². The summed E-state index contributed by atoms with van der Waals surface area (Å²) in [7, 11) is -2.20. The third-order valence-corrected chi connectivity index (χ3v) is 7.53. The lowest BCUT2D eigenvalue weighted by Crippen LogP contribution is -2.48. The van der Waals surface area contributed by atoms with E-state index in [1.54, 1.807) is 12.1 Å². The van der Waals surface area contributed by atoms with E-state index in [0.29, 0.717) is 5.92 Å². The number of alkyl halides is 3. The molecule has 0 N–H and O–H groups in total. The molecule has 0 heterocycles. The molecule has 24 heavy (non-hydrogen) atoms. The van der Waals surface area contributed by atoms with Crippen molar-refractivity contribution in [1.29, 1.82) is 0 Å². The first-order valence-electron chi connectivity index (χ1n) is 8.69. The van der Waals surface area contributed by atoms with Crippen molar-refractivity contribution in [1.82, 2.24) is 0 Å². The Balaban J connectivity index is 2.00. The molecule has 2 atom stereocenters. The van der Waals surface area contributed by atoms with Gasteiger partial charge in [0, 0.05) is 6.10 Å². The standard InChI is InChI=1S/C19H27F3OSi/c1-4-5-7-15-8-6-9-17(14-15)23-24(2,3)18-12-10-16(11-13-18)19(20,21)22/h4,10-13,15,17H,1,5-9,14H2,2-3H3/t15-,17+/m0/s1. The second kappa shape index (κ2) is 7.87. The van der Waals surface area contributed by atoms with E-state index in [0.717, 1.165) is 30.9 Å². The highest BCUT2D eigenvalue weighted by atomic mass is 28.4. The molecule has 0 aromatic heterocycles. The molecule has 1 aromatic carbocycles. The molecule has 0 spiro atoms. The maximum absolute atomic E-state index is 12.7. The molecule has 0 aliphatic heterocycles. The fourth-order valence-electron chi connectivity index (χ4n) is 3.51. The van der Waals surface area contributed by atoms with Crippen LogP contribution in [0.25, 0.3) is 0 Å². The van der Waals surface area contributed by atoms with Crippen molar-refractivity contribution >= 4 is 13.5 Å². The van der Waals surface area contributed by atoms with Crippen molar-refractivity contribution in [2.45, 2.75) is 63.9 Å². The maximum Gasteiger partial charge on any atom is 0.416 e. The predicted molar refractivity (Wildman–Crippen MR) is 94.8 cm³/mol. The first-order valence-corrected chi connectivity index (χ1v) is 11.6.